The summed E-state index contributed by atoms with van der Waals surface area (Å²) in [5.74, 6) is 0.0495. The zero-order chi connectivity index (χ0) is 12.9. The fourth-order valence-corrected chi connectivity index (χ4v) is 1.80. The largest absolute Gasteiger partial charge is 0.429 e. The predicted molar refractivity (Wildman–Crippen MR) is 57.5 cm³/mol. The molecule has 0 fully saturated rings. The Morgan fingerprint density at radius 2 is 1.82 bits per heavy atom. The van der Waals surface area contributed by atoms with E-state index in [9.17, 15) is 17.6 Å². The molecule has 0 atom stereocenters. The number of nitriles is 1. The molecule has 17 heavy (non-hydrogen) atoms. The molecule has 0 aliphatic rings. The second-order valence-electron chi connectivity index (χ2n) is 3.03. The van der Waals surface area contributed by atoms with E-state index < -0.39 is 16.9 Å². The summed E-state index contributed by atoms with van der Waals surface area (Å²) in [6, 6.07) is 9.32. The lowest BCUT2D eigenvalue weighted by molar-refractivity contribution is -0.0885. The second-order valence-corrected chi connectivity index (χ2v) is 3.97. The third kappa shape index (κ3) is 4.11. The van der Waals surface area contributed by atoms with Gasteiger partial charge in [0.15, 0.2) is 10.7 Å². The first-order valence-corrected chi connectivity index (χ1v) is 5.47. The van der Waals surface area contributed by atoms with E-state index in [1.807, 2.05) is 0 Å². The highest BCUT2D eigenvalue weighted by Crippen LogP contribution is 2.34. The van der Waals surface area contributed by atoms with Gasteiger partial charge < -0.3 is 0 Å². The molecule has 1 aromatic rings. The van der Waals surface area contributed by atoms with Crippen molar-refractivity contribution in [1.29, 1.82) is 5.26 Å². The van der Waals surface area contributed by atoms with Crippen molar-refractivity contribution in [3.8, 4) is 6.07 Å². The predicted octanol–water partition coefficient (Wildman–Crippen LogP) is 4.19. The Bertz CT molecular complexity index is 445. The molecule has 0 bridgehead atoms. The number of nitrogens with zero attached hydrogens (tertiary/aromatic N) is 1. The lowest BCUT2D eigenvalue weighted by Gasteiger charge is -2.05. The van der Waals surface area contributed by atoms with Gasteiger partial charge >= 0.3 is 6.18 Å². The number of benzene rings is 1. The minimum absolute atomic E-state index is 0.0495. The molecular weight excluding hydrogens is 254 g/mol. The van der Waals surface area contributed by atoms with Crippen LogP contribution in [0.2, 0.25) is 0 Å². The highest BCUT2D eigenvalue weighted by molar-refractivity contribution is 8.02. The Balaban J connectivity index is 2.75. The van der Waals surface area contributed by atoms with E-state index in [2.05, 4.69) is 0 Å². The summed E-state index contributed by atoms with van der Waals surface area (Å²) in [6.45, 7) is 0. The van der Waals surface area contributed by atoms with E-state index in [0.29, 0.717) is 17.3 Å². The normalized spacial score (nSPS) is 12.9. The SMILES string of the molecule is N#C/C(=C(\F)SCc1ccccc1)C(F)(F)F. The van der Waals surface area contributed by atoms with Crippen LogP contribution in [-0.4, -0.2) is 6.18 Å². The van der Waals surface area contributed by atoms with Crippen molar-refractivity contribution in [3.05, 3.63) is 46.6 Å². The molecular formula is C11H7F4NS. The van der Waals surface area contributed by atoms with Gasteiger partial charge in [-0.15, -0.1) is 0 Å². The molecule has 0 aliphatic carbocycles. The molecule has 0 saturated carbocycles. The first-order valence-electron chi connectivity index (χ1n) is 4.49. The molecule has 0 radical (unpaired) electrons. The maximum Gasteiger partial charge on any atom is 0.429 e. The molecule has 6 heteroatoms. The number of allylic oxidation sites excluding steroid dienone is 1. The molecule has 0 heterocycles. The third-order valence-electron chi connectivity index (χ3n) is 1.80. The van der Waals surface area contributed by atoms with Crippen LogP contribution in [0.4, 0.5) is 17.6 Å². The van der Waals surface area contributed by atoms with Gasteiger partial charge in [-0.3, -0.25) is 0 Å². The van der Waals surface area contributed by atoms with Gasteiger partial charge in [0, 0.05) is 5.75 Å². The minimum atomic E-state index is -4.94. The molecule has 0 unspecified atom stereocenters. The number of hydrogen-bond donors (Lipinski definition) is 0. The molecule has 0 amide bonds. The number of alkyl halides is 3. The molecule has 0 N–H and O–H groups in total. The topological polar surface area (TPSA) is 23.8 Å². The number of thioether (sulfide) groups is 1. The van der Waals surface area contributed by atoms with Crippen molar-refractivity contribution in [2.75, 3.05) is 0 Å². The van der Waals surface area contributed by atoms with Crippen LogP contribution in [0.25, 0.3) is 0 Å². The van der Waals surface area contributed by atoms with Crippen LogP contribution in [0, 0.1) is 11.3 Å². The maximum absolute atomic E-state index is 13.1. The molecule has 1 rings (SSSR count). The van der Waals surface area contributed by atoms with E-state index >= 15 is 0 Å². The van der Waals surface area contributed by atoms with Crippen LogP contribution >= 0.6 is 11.8 Å². The van der Waals surface area contributed by atoms with Crippen molar-refractivity contribution in [2.45, 2.75) is 11.9 Å². The van der Waals surface area contributed by atoms with Crippen LogP contribution in [0.5, 0.6) is 0 Å². The van der Waals surface area contributed by atoms with E-state index in [1.165, 1.54) is 0 Å². The summed E-state index contributed by atoms with van der Waals surface area (Å²) in [4.78, 5) is 0. The van der Waals surface area contributed by atoms with Crippen LogP contribution in [0.15, 0.2) is 41.1 Å². The first kappa shape index (κ1) is 13.6. The Morgan fingerprint density at radius 1 is 1.24 bits per heavy atom. The van der Waals surface area contributed by atoms with E-state index in [4.69, 9.17) is 5.26 Å². The summed E-state index contributed by atoms with van der Waals surface area (Å²) >= 11 is 0.360. The minimum Gasteiger partial charge on any atom is -0.198 e. The van der Waals surface area contributed by atoms with Crippen molar-refractivity contribution in [2.24, 2.45) is 0 Å². The Labute approximate surface area is 99.7 Å². The summed E-state index contributed by atoms with van der Waals surface area (Å²) in [5.41, 5.74) is -1.09. The third-order valence-corrected chi connectivity index (χ3v) is 2.74. The summed E-state index contributed by atoms with van der Waals surface area (Å²) in [7, 11) is 0. The van der Waals surface area contributed by atoms with Gasteiger partial charge in [0.25, 0.3) is 0 Å². The lowest BCUT2D eigenvalue weighted by Crippen LogP contribution is -2.11. The van der Waals surface area contributed by atoms with Crippen molar-refractivity contribution < 1.29 is 17.6 Å². The van der Waals surface area contributed by atoms with Gasteiger partial charge in [-0.25, -0.2) is 0 Å². The molecule has 0 aliphatic heterocycles. The molecule has 1 nitrogen and oxygen atoms in total. The molecule has 0 aromatic heterocycles. The standard InChI is InChI=1S/C11H7F4NS/c12-10(9(6-16)11(13,14)15)17-7-8-4-2-1-3-5-8/h1-5H,7H2/b10-9-. The average Bonchev–Trinajstić information content (AvgIpc) is 2.27. The quantitative estimate of drug-likeness (QED) is 0.601. The highest BCUT2D eigenvalue weighted by atomic mass is 32.2. The molecule has 1 aromatic carbocycles. The number of halogens is 4. The highest BCUT2D eigenvalue weighted by Gasteiger charge is 2.37. The van der Waals surface area contributed by atoms with Crippen molar-refractivity contribution in [3.63, 3.8) is 0 Å². The zero-order valence-electron chi connectivity index (χ0n) is 8.46. The van der Waals surface area contributed by atoms with Crippen molar-refractivity contribution >= 4 is 11.8 Å². The number of rotatable bonds is 3. The van der Waals surface area contributed by atoms with Crippen LogP contribution in [0.1, 0.15) is 5.56 Å². The van der Waals surface area contributed by atoms with Crippen LogP contribution < -0.4 is 0 Å². The summed E-state index contributed by atoms with van der Waals surface area (Å²) < 4.78 is 49.6. The average molecular weight is 261 g/mol. The van der Waals surface area contributed by atoms with Gasteiger partial charge in [0.05, 0.1) is 0 Å². The van der Waals surface area contributed by atoms with Crippen molar-refractivity contribution in [1.82, 2.24) is 0 Å². The van der Waals surface area contributed by atoms with Gasteiger partial charge in [0.2, 0.25) is 0 Å². The summed E-state index contributed by atoms with van der Waals surface area (Å²) in [6.07, 6.45) is -4.94. The van der Waals surface area contributed by atoms with E-state index in [1.54, 1.807) is 30.3 Å². The monoisotopic (exact) mass is 261 g/mol. The maximum atomic E-state index is 13.1. The smallest absolute Gasteiger partial charge is 0.198 e. The molecule has 90 valence electrons. The molecule has 0 saturated heterocycles. The molecule has 0 spiro atoms. The van der Waals surface area contributed by atoms with Gasteiger partial charge in [0.1, 0.15) is 6.07 Å². The van der Waals surface area contributed by atoms with E-state index in [0.717, 1.165) is 6.07 Å². The fraction of sp³-hybridized carbons (Fsp3) is 0.182. The summed E-state index contributed by atoms with van der Waals surface area (Å²) in [5, 5.41) is 6.75. The number of hydrogen-bond acceptors (Lipinski definition) is 2. The van der Waals surface area contributed by atoms with Gasteiger partial charge in [-0.05, 0) is 5.56 Å². The second kappa shape index (κ2) is 5.73. The lowest BCUT2D eigenvalue weighted by atomic mass is 10.2. The van der Waals surface area contributed by atoms with Gasteiger partial charge in [-0.2, -0.15) is 22.8 Å². The van der Waals surface area contributed by atoms with Crippen LogP contribution in [0.3, 0.4) is 0 Å². The Morgan fingerprint density at radius 3 is 2.29 bits per heavy atom. The Hall–Kier alpha value is -1.48. The van der Waals surface area contributed by atoms with Crippen LogP contribution in [-0.2, 0) is 5.75 Å². The zero-order valence-corrected chi connectivity index (χ0v) is 9.28. The van der Waals surface area contributed by atoms with Gasteiger partial charge in [-0.1, -0.05) is 42.1 Å². The first-order chi connectivity index (χ1) is 7.95. The van der Waals surface area contributed by atoms with E-state index in [-0.39, 0.29) is 5.75 Å². The fourth-order valence-electron chi connectivity index (χ4n) is 1.01. The Kier molecular flexibility index (Phi) is 4.58.